The van der Waals surface area contributed by atoms with Gasteiger partial charge in [0.25, 0.3) is 6.71 Å². The zero-order valence-electron chi connectivity index (χ0n) is 51.8. The van der Waals surface area contributed by atoms with E-state index in [4.69, 9.17) is 6.85 Å². The van der Waals surface area contributed by atoms with Gasteiger partial charge in [0.05, 0.1) is 22.9 Å². The number of nitrogens with zero attached hydrogens (tertiary/aromatic N) is 3. The average Bonchev–Trinajstić information content (AvgIpc) is 1.99. The summed E-state index contributed by atoms with van der Waals surface area (Å²) in [4.78, 5) is 7.44. The highest BCUT2D eigenvalue weighted by atomic mass is 32.1. The molecule has 0 bridgehead atoms. The molecule has 0 spiro atoms. The standard InChI is InChI=1S/C72H68BN3S2/c1-69(2,3)46-27-34-50(35-28-46)74(51-36-29-47(30-37-51)70(4,5)6)53-40-41-57-61(44-53)76(60-25-16-22-55-64-54(45-19-14-13-15-20-45)21-17-26-63(64)77-67(55)60)59-24-18-23-58-65(59)73(57)68-66(56-43-49(72(10,11)12)33-42-62(56)78-68)75(58)52-38-31-48(32-39-52)71(7,8)9/h13-44H,1-12H3/i13D,14D,15D,19D,20D. The number of benzene rings is 9. The van der Waals surface area contributed by atoms with E-state index in [9.17, 15) is 0 Å². The summed E-state index contributed by atoms with van der Waals surface area (Å²) in [5.74, 6) is 0. The van der Waals surface area contributed by atoms with Gasteiger partial charge in [0.1, 0.15) is 0 Å². The van der Waals surface area contributed by atoms with E-state index in [1.165, 1.54) is 53.7 Å². The monoisotopic (exact) mass is 1050 g/mol. The lowest BCUT2D eigenvalue weighted by molar-refractivity contribution is 0.590. The van der Waals surface area contributed by atoms with Crippen LogP contribution in [0.3, 0.4) is 0 Å². The minimum absolute atomic E-state index is 0.0211. The van der Waals surface area contributed by atoms with Gasteiger partial charge in [-0.25, -0.2) is 0 Å². The van der Waals surface area contributed by atoms with Gasteiger partial charge in [-0.15, -0.1) is 22.7 Å². The number of anilines is 9. The second-order valence-corrected chi connectivity index (χ2v) is 27.6. The van der Waals surface area contributed by atoms with Crippen LogP contribution in [-0.4, -0.2) is 6.71 Å². The van der Waals surface area contributed by atoms with Crippen LogP contribution in [-0.2, 0) is 21.7 Å². The highest BCUT2D eigenvalue weighted by Gasteiger charge is 2.46. The fraction of sp³-hybridized carbons (Fsp3) is 0.222. The van der Waals surface area contributed by atoms with E-state index in [0.29, 0.717) is 5.56 Å². The first-order chi connectivity index (χ1) is 39.3. The van der Waals surface area contributed by atoms with Crippen LogP contribution in [0, 0.1) is 0 Å². The van der Waals surface area contributed by atoms with Gasteiger partial charge in [0, 0.05) is 70.1 Å². The first kappa shape index (κ1) is 44.6. The molecule has 11 aromatic rings. The predicted molar refractivity (Wildman–Crippen MR) is 344 cm³/mol. The summed E-state index contributed by atoms with van der Waals surface area (Å²) in [5.41, 5.74) is 18.0. The highest BCUT2D eigenvalue weighted by molar-refractivity contribution is 7.33. The molecule has 78 heavy (non-hydrogen) atoms. The smallest absolute Gasteiger partial charge is 0.264 e. The van der Waals surface area contributed by atoms with E-state index in [2.05, 4.69) is 249 Å². The Morgan fingerprint density at radius 2 is 0.987 bits per heavy atom. The van der Waals surface area contributed by atoms with Crippen molar-refractivity contribution in [2.45, 2.75) is 105 Å². The van der Waals surface area contributed by atoms with Crippen molar-refractivity contribution in [2.24, 2.45) is 0 Å². The summed E-state index contributed by atoms with van der Waals surface area (Å²) in [6.45, 7) is 27.2. The lowest BCUT2D eigenvalue weighted by Crippen LogP contribution is -2.60. The van der Waals surface area contributed by atoms with Gasteiger partial charge >= 0.3 is 0 Å². The van der Waals surface area contributed by atoms with Crippen LogP contribution in [0.1, 0.15) is 112 Å². The van der Waals surface area contributed by atoms with Crippen molar-refractivity contribution in [1.82, 2.24) is 0 Å². The van der Waals surface area contributed by atoms with Crippen LogP contribution in [0.25, 0.3) is 41.4 Å². The largest absolute Gasteiger partial charge is 0.310 e. The predicted octanol–water partition coefficient (Wildman–Crippen LogP) is 19.7. The van der Waals surface area contributed by atoms with Crippen LogP contribution in [0.5, 0.6) is 0 Å². The van der Waals surface area contributed by atoms with Gasteiger partial charge in [-0.1, -0.05) is 192 Å². The van der Waals surface area contributed by atoms with Crippen molar-refractivity contribution in [3.63, 3.8) is 0 Å². The molecule has 2 aliphatic heterocycles. The maximum Gasteiger partial charge on any atom is 0.264 e. The number of rotatable bonds is 6. The first-order valence-electron chi connectivity index (χ1n) is 29.9. The number of hydrogen-bond acceptors (Lipinski definition) is 5. The van der Waals surface area contributed by atoms with Crippen LogP contribution >= 0.6 is 22.7 Å². The summed E-state index contributed by atoms with van der Waals surface area (Å²) in [6, 6.07) is 59.4. The average molecular weight is 1060 g/mol. The van der Waals surface area contributed by atoms with Crippen molar-refractivity contribution in [3.8, 4) is 11.1 Å². The van der Waals surface area contributed by atoms with Gasteiger partial charge in [-0.2, -0.15) is 0 Å². The fourth-order valence-corrected chi connectivity index (χ4v) is 14.5. The fourth-order valence-electron chi connectivity index (χ4n) is 11.9. The molecule has 0 amide bonds. The highest BCUT2D eigenvalue weighted by Crippen LogP contribution is 2.52. The van der Waals surface area contributed by atoms with E-state index in [1.807, 2.05) is 23.5 Å². The molecule has 0 unspecified atom stereocenters. The second-order valence-electron chi connectivity index (χ2n) is 25.5. The summed E-state index contributed by atoms with van der Waals surface area (Å²) < 4.78 is 48.7. The van der Waals surface area contributed by atoms with Crippen molar-refractivity contribution in [2.75, 3.05) is 14.7 Å². The second kappa shape index (κ2) is 18.1. The lowest BCUT2D eigenvalue weighted by atomic mass is 9.36. The Kier molecular flexibility index (Phi) is 10.3. The molecular formula is C72H68BN3S2. The molecule has 0 N–H and O–H groups in total. The van der Waals surface area contributed by atoms with Crippen LogP contribution in [0.15, 0.2) is 194 Å². The summed E-state index contributed by atoms with van der Waals surface area (Å²) in [5, 5.41) is 3.07. The van der Waals surface area contributed by atoms with Gasteiger partial charge in [0.15, 0.2) is 0 Å². The molecule has 386 valence electrons. The molecule has 0 radical (unpaired) electrons. The summed E-state index contributed by atoms with van der Waals surface area (Å²) in [6.07, 6.45) is 0. The van der Waals surface area contributed by atoms with Gasteiger partial charge in [-0.05, 0) is 151 Å². The Morgan fingerprint density at radius 1 is 0.449 bits per heavy atom. The zero-order chi connectivity index (χ0) is 58.6. The summed E-state index contributed by atoms with van der Waals surface area (Å²) in [7, 11) is 0. The van der Waals surface area contributed by atoms with Gasteiger partial charge < -0.3 is 14.7 Å². The minimum Gasteiger partial charge on any atom is -0.310 e. The maximum atomic E-state index is 9.15. The topological polar surface area (TPSA) is 9.72 Å². The molecule has 4 heterocycles. The first-order valence-corrected chi connectivity index (χ1v) is 29.0. The summed E-state index contributed by atoms with van der Waals surface area (Å²) >= 11 is 3.59. The Morgan fingerprint density at radius 3 is 1.60 bits per heavy atom. The molecule has 3 nitrogen and oxygen atoms in total. The van der Waals surface area contributed by atoms with E-state index in [0.717, 1.165) is 65.7 Å². The van der Waals surface area contributed by atoms with E-state index >= 15 is 0 Å². The third-order valence-corrected chi connectivity index (χ3v) is 18.6. The lowest BCUT2D eigenvalue weighted by Gasteiger charge is -2.43. The van der Waals surface area contributed by atoms with E-state index in [1.54, 1.807) is 11.3 Å². The Balaban J connectivity index is 1.11. The molecular weight excluding hydrogens is 982 g/mol. The normalized spacial score (nSPS) is 14.5. The molecule has 6 heteroatoms. The number of fused-ring (bicyclic) bond motifs is 9. The van der Waals surface area contributed by atoms with Crippen molar-refractivity contribution >= 4 is 127 Å². The molecule has 2 aromatic heterocycles. The molecule has 0 atom stereocenters. The molecule has 0 saturated carbocycles. The van der Waals surface area contributed by atoms with E-state index < -0.39 is 6.04 Å². The third-order valence-electron chi connectivity index (χ3n) is 16.2. The van der Waals surface area contributed by atoms with Crippen molar-refractivity contribution in [3.05, 3.63) is 216 Å². The SMILES string of the molecule is [2H]c1c([2H])c([2H])c(-c2cccc3sc4c(N5c6cc(N(c7ccc(C(C)(C)C)cc7)c7ccc(C(C)(C)C)cc7)ccc6B6c7sc8ccc(C(C)(C)C)cc8c7N(c7ccc(C(C)(C)C)cc7)c7cccc5c76)cccc4c23)c([2H])c1[2H]. The Bertz CT molecular complexity index is 4350. The molecule has 0 fully saturated rings. The third kappa shape index (κ3) is 8.29. The molecule has 2 aliphatic rings. The van der Waals surface area contributed by atoms with E-state index in [-0.39, 0.29) is 58.1 Å². The van der Waals surface area contributed by atoms with Crippen LogP contribution < -0.4 is 30.4 Å². The molecule has 9 aromatic carbocycles. The van der Waals surface area contributed by atoms with Gasteiger partial charge in [0.2, 0.25) is 0 Å². The minimum atomic E-state index is -0.402. The Hall–Kier alpha value is -7.38. The number of hydrogen-bond donors (Lipinski definition) is 0. The molecule has 0 aliphatic carbocycles. The van der Waals surface area contributed by atoms with Crippen molar-refractivity contribution in [1.29, 1.82) is 0 Å². The molecule has 13 rings (SSSR count). The van der Waals surface area contributed by atoms with Crippen LogP contribution in [0.4, 0.5) is 51.2 Å². The van der Waals surface area contributed by atoms with Gasteiger partial charge in [-0.3, -0.25) is 0 Å². The maximum absolute atomic E-state index is 9.15. The zero-order valence-corrected chi connectivity index (χ0v) is 48.5. The quantitative estimate of drug-likeness (QED) is 0.154. The number of thiophene rings is 2. The van der Waals surface area contributed by atoms with Crippen molar-refractivity contribution < 1.29 is 6.85 Å². The molecule has 0 saturated heterocycles. The van der Waals surface area contributed by atoms with Crippen LogP contribution in [0.2, 0.25) is 0 Å². The Labute approximate surface area is 477 Å².